The predicted octanol–water partition coefficient (Wildman–Crippen LogP) is 0.473. The minimum absolute atomic E-state index is 0. The molecule has 8 heteroatoms. The highest BCUT2D eigenvalue weighted by Gasteiger charge is 2.11. The highest BCUT2D eigenvalue weighted by molar-refractivity contribution is 5.92. The second kappa shape index (κ2) is 10.6. The Kier molecular flexibility index (Phi) is 9.60. The number of hydrogen-bond acceptors (Lipinski definition) is 5. The van der Waals surface area contributed by atoms with Gasteiger partial charge in [-0.05, 0) is 17.7 Å². The minimum atomic E-state index is -0.500. The largest absolute Gasteiger partial charge is 0.468 e. The normalized spacial score (nSPS) is 10.9. The molecule has 0 radical (unpaired) electrons. The number of nitrogens with one attached hydrogen (secondary N) is 2. The van der Waals surface area contributed by atoms with Crippen molar-refractivity contribution in [1.82, 2.24) is 5.32 Å². The Morgan fingerprint density at radius 3 is 2.35 bits per heavy atom. The summed E-state index contributed by atoms with van der Waals surface area (Å²) >= 11 is 0. The van der Waals surface area contributed by atoms with Crippen molar-refractivity contribution in [3.63, 3.8) is 0 Å². The van der Waals surface area contributed by atoms with Gasteiger partial charge in [0.2, 0.25) is 11.8 Å². The van der Waals surface area contributed by atoms with E-state index in [0.717, 1.165) is 5.56 Å². The zero-order valence-electron chi connectivity index (χ0n) is 13.1. The average molecular weight is 344 g/mol. The van der Waals surface area contributed by atoms with Crippen molar-refractivity contribution in [2.24, 2.45) is 11.7 Å². The van der Waals surface area contributed by atoms with Gasteiger partial charge in [-0.2, -0.15) is 0 Å². The van der Waals surface area contributed by atoms with Crippen LogP contribution >= 0.6 is 12.4 Å². The Hall–Kier alpha value is -2.12. The van der Waals surface area contributed by atoms with Crippen LogP contribution in [0.15, 0.2) is 24.3 Å². The molecule has 0 spiro atoms. The Bertz CT molecular complexity index is 534. The molecule has 0 saturated heterocycles. The predicted molar refractivity (Wildman–Crippen MR) is 89.3 cm³/mol. The molecule has 1 atom stereocenters. The second-order valence-electron chi connectivity index (χ2n) is 4.85. The molecule has 7 nitrogen and oxygen atoms in total. The summed E-state index contributed by atoms with van der Waals surface area (Å²) in [6.45, 7) is 1.88. The average Bonchev–Trinajstić information content (AvgIpc) is 2.53. The van der Waals surface area contributed by atoms with Crippen molar-refractivity contribution in [3.05, 3.63) is 29.8 Å². The quantitative estimate of drug-likeness (QED) is 0.623. The molecule has 0 bridgehead atoms. The molecule has 0 aliphatic heterocycles. The van der Waals surface area contributed by atoms with Gasteiger partial charge >= 0.3 is 5.97 Å². The van der Waals surface area contributed by atoms with Gasteiger partial charge in [-0.15, -0.1) is 12.4 Å². The SMILES string of the molecule is COC(=O)CNC(=O)Cc1ccc(NC(=O)C(C)CN)cc1.Cl. The Labute approximate surface area is 141 Å². The van der Waals surface area contributed by atoms with Crippen LogP contribution in [-0.4, -0.2) is 38.0 Å². The third-order valence-corrected chi connectivity index (χ3v) is 3.04. The molecule has 4 N–H and O–H groups in total. The third-order valence-electron chi connectivity index (χ3n) is 3.04. The van der Waals surface area contributed by atoms with E-state index in [0.29, 0.717) is 5.69 Å². The molecule has 1 unspecified atom stereocenters. The van der Waals surface area contributed by atoms with Crippen LogP contribution < -0.4 is 16.4 Å². The summed E-state index contributed by atoms with van der Waals surface area (Å²) in [7, 11) is 1.26. The van der Waals surface area contributed by atoms with Crippen LogP contribution in [0.25, 0.3) is 0 Å². The smallest absolute Gasteiger partial charge is 0.325 e. The summed E-state index contributed by atoms with van der Waals surface area (Å²) < 4.78 is 4.43. The van der Waals surface area contributed by atoms with Crippen molar-refractivity contribution in [2.75, 3.05) is 25.5 Å². The van der Waals surface area contributed by atoms with Crippen molar-refractivity contribution in [1.29, 1.82) is 0 Å². The number of hydrogen-bond donors (Lipinski definition) is 3. The van der Waals surface area contributed by atoms with Crippen LogP contribution in [0.1, 0.15) is 12.5 Å². The Morgan fingerprint density at radius 2 is 1.83 bits per heavy atom. The van der Waals surface area contributed by atoms with Crippen molar-refractivity contribution in [2.45, 2.75) is 13.3 Å². The molecule has 1 aromatic rings. The molecule has 2 amide bonds. The lowest BCUT2D eigenvalue weighted by atomic mass is 10.1. The summed E-state index contributed by atoms with van der Waals surface area (Å²) in [5.41, 5.74) is 6.84. The van der Waals surface area contributed by atoms with E-state index in [9.17, 15) is 14.4 Å². The molecule has 0 saturated carbocycles. The number of halogens is 1. The molecule has 23 heavy (non-hydrogen) atoms. The monoisotopic (exact) mass is 343 g/mol. The van der Waals surface area contributed by atoms with Crippen LogP contribution in [0.4, 0.5) is 5.69 Å². The molecule has 0 aliphatic carbocycles. The van der Waals surface area contributed by atoms with Gasteiger partial charge in [-0.3, -0.25) is 14.4 Å². The van der Waals surface area contributed by atoms with Gasteiger partial charge in [0.1, 0.15) is 6.54 Å². The molecule has 0 aromatic heterocycles. The van der Waals surface area contributed by atoms with E-state index in [1.807, 2.05) is 0 Å². The number of anilines is 1. The summed E-state index contributed by atoms with van der Waals surface area (Å²) in [6.07, 6.45) is 0.143. The van der Waals surface area contributed by atoms with Gasteiger partial charge in [0.05, 0.1) is 13.5 Å². The minimum Gasteiger partial charge on any atom is -0.468 e. The zero-order valence-corrected chi connectivity index (χ0v) is 13.9. The van der Waals surface area contributed by atoms with Gasteiger partial charge in [0, 0.05) is 18.2 Å². The maximum atomic E-state index is 11.7. The van der Waals surface area contributed by atoms with E-state index < -0.39 is 5.97 Å². The number of esters is 1. The summed E-state index contributed by atoms with van der Waals surface area (Å²) in [5, 5.41) is 5.19. The number of carbonyl (C=O) groups is 3. The van der Waals surface area contributed by atoms with E-state index in [4.69, 9.17) is 5.73 Å². The number of nitrogens with two attached hydrogens (primary N) is 1. The van der Waals surface area contributed by atoms with Crippen molar-refractivity contribution in [3.8, 4) is 0 Å². The maximum absolute atomic E-state index is 11.7. The fourth-order valence-electron chi connectivity index (χ4n) is 1.57. The number of methoxy groups -OCH3 is 1. The molecular formula is C15H22ClN3O4. The van der Waals surface area contributed by atoms with Crippen LogP contribution in [0, 0.1) is 5.92 Å². The van der Waals surface area contributed by atoms with Gasteiger partial charge in [-0.1, -0.05) is 19.1 Å². The Balaban J connectivity index is 0.00000484. The van der Waals surface area contributed by atoms with Crippen LogP contribution in [0.2, 0.25) is 0 Å². The van der Waals surface area contributed by atoms with E-state index in [2.05, 4.69) is 15.4 Å². The molecule has 128 valence electrons. The first-order valence-corrected chi connectivity index (χ1v) is 6.89. The molecule has 1 rings (SSSR count). The molecule has 0 heterocycles. The summed E-state index contributed by atoms with van der Waals surface area (Å²) in [6, 6.07) is 6.90. The topological polar surface area (TPSA) is 111 Å². The van der Waals surface area contributed by atoms with E-state index in [-0.39, 0.29) is 49.6 Å². The first kappa shape index (κ1) is 20.9. The van der Waals surface area contributed by atoms with Crippen molar-refractivity contribution < 1.29 is 19.1 Å². The number of carbonyl (C=O) groups excluding carboxylic acids is 3. The zero-order chi connectivity index (χ0) is 16.5. The molecular weight excluding hydrogens is 322 g/mol. The van der Waals surface area contributed by atoms with Crippen molar-refractivity contribution >= 4 is 35.9 Å². The first-order valence-electron chi connectivity index (χ1n) is 6.89. The highest BCUT2D eigenvalue weighted by atomic mass is 35.5. The van der Waals surface area contributed by atoms with Crippen LogP contribution in [-0.2, 0) is 25.5 Å². The van der Waals surface area contributed by atoms with E-state index >= 15 is 0 Å². The Morgan fingerprint density at radius 1 is 1.22 bits per heavy atom. The fraction of sp³-hybridized carbons (Fsp3) is 0.400. The third kappa shape index (κ3) is 7.62. The number of ether oxygens (including phenoxy) is 1. The van der Waals surface area contributed by atoms with Gasteiger partial charge in [-0.25, -0.2) is 0 Å². The van der Waals surface area contributed by atoms with Crippen LogP contribution in [0.5, 0.6) is 0 Å². The lowest BCUT2D eigenvalue weighted by Gasteiger charge is -2.10. The van der Waals surface area contributed by atoms with E-state index in [1.54, 1.807) is 31.2 Å². The highest BCUT2D eigenvalue weighted by Crippen LogP contribution is 2.11. The van der Waals surface area contributed by atoms with Gasteiger partial charge in [0.25, 0.3) is 0 Å². The maximum Gasteiger partial charge on any atom is 0.325 e. The summed E-state index contributed by atoms with van der Waals surface area (Å²) in [4.78, 5) is 34.2. The number of rotatable bonds is 7. The second-order valence-corrected chi connectivity index (χ2v) is 4.85. The van der Waals surface area contributed by atoms with E-state index in [1.165, 1.54) is 7.11 Å². The lowest BCUT2D eigenvalue weighted by Crippen LogP contribution is -2.31. The van der Waals surface area contributed by atoms with Gasteiger partial charge < -0.3 is 21.1 Å². The molecule has 0 fully saturated rings. The van der Waals surface area contributed by atoms with Crippen LogP contribution in [0.3, 0.4) is 0 Å². The number of amides is 2. The standard InChI is InChI=1S/C15H21N3O4.ClH/c1-10(8-16)15(21)18-12-5-3-11(4-6-12)7-13(19)17-9-14(20)22-2;/h3-6,10H,7-9,16H2,1-2H3,(H,17,19)(H,18,21);1H. The summed E-state index contributed by atoms with van der Waals surface area (Å²) in [5.74, 6) is -1.19. The lowest BCUT2D eigenvalue weighted by molar-refractivity contribution is -0.141. The molecule has 0 aliphatic rings. The number of benzene rings is 1. The molecule has 1 aromatic carbocycles. The fourth-order valence-corrected chi connectivity index (χ4v) is 1.57. The van der Waals surface area contributed by atoms with Gasteiger partial charge in [0.15, 0.2) is 0 Å². The first-order chi connectivity index (χ1) is 10.5.